The number of fused-ring (bicyclic) bond motifs is 2. The van der Waals surface area contributed by atoms with Gasteiger partial charge in [-0.1, -0.05) is 56.5 Å². The predicted octanol–water partition coefficient (Wildman–Crippen LogP) is 7.56. The molecule has 3 aromatic carbocycles. The number of carboxylic acid groups (broad SMARTS) is 1. The van der Waals surface area contributed by atoms with Crippen molar-refractivity contribution < 1.29 is 14.6 Å². The van der Waals surface area contributed by atoms with Crippen LogP contribution in [0.5, 0.6) is 5.75 Å². The third-order valence-electron chi connectivity index (χ3n) is 6.25. The summed E-state index contributed by atoms with van der Waals surface area (Å²) in [4.78, 5) is 16.7. The van der Waals surface area contributed by atoms with Gasteiger partial charge in [-0.25, -0.2) is 4.85 Å². The molecule has 0 spiro atoms. The minimum Gasteiger partial charge on any atom is -0.494 e. The van der Waals surface area contributed by atoms with Crippen LogP contribution >= 0.6 is 0 Å². The average Bonchev–Trinajstić information content (AvgIpc) is 3.04. The number of carbonyl (C=O) groups is 1. The van der Waals surface area contributed by atoms with Crippen LogP contribution in [0, 0.1) is 6.57 Å². The van der Waals surface area contributed by atoms with Crippen molar-refractivity contribution in [1.82, 2.24) is 0 Å². The number of unbranched alkanes of at least 4 members (excludes halogenated alkanes) is 3. The highest BCUT2D eigenvalue weighted by Gasteiger charge is 2.22. The number of aliphatic carboxylic acids is 1. The van der Waals surface area contributed by atoms with Crippen molar-refractivity contribution in [2.75, 3.05) is 11.5 Å². The molecule has 178 valence electrons. The van der Waals surface area contributed by atoms with E-state index in [9.17, 15) is 9.90 Å². The minimum atomic E-state index is -1.21. The van der Waals surface area contributed by atoms with Crippen molar-refractivity contribution in [3.8, 4) is 5.75 Å². The Morgan fingerprint density at radius 1 is 1.00 bits per heavy atom. The maximum absolute atomic E-state index is 11.3. The second-order valence-corrected chi connectivity index (χ2v) is 8.70. The van der Waals surface area contributed by atoms with Gasteiger partial charge in [0.1, 0.15) is 5.75 Å². The Hall–Kier alpha value is -4.04. The van der Waals surface area contributed by atoms with Crippen LogP contribution in [-0.2, 0) is 17.6 Å². The first-order valence-corrected chi connectivity index (χ1v) is 12.2. The normalized spacial score (nSPS) is 12.8. The number of anilines is 3. The Kier molecular flexibility index (Phi) is 7.84. The van der Waals surface area contributed by atoms with Gasteiger partial charge in [0.2, 0.25) is 0 Å². The lowest BCUT2D eigenvalue weighted by atomic mass is 10.0. The maximum atomic E-state index is 11.3. The molecular formula is C30H30N2O3. The largest absolute Gasteiger partial charge is 0.494 e. The van der Waals surface area contributed by atoms with Gasteiger partial charge in [0, 0.05) is 17.1 Å². The maximum Gasteiger partial charge on any atom is 0.333 e. The van der Waals surface area contributed by atoms with Crippen molar-refractivity contribution in [1.29, 1.82) is 0 Å². The fourth-order valence-corrected chi connectivity index (χ4v) is 4.44. The number of benzene rings is 3. The van der Waals surface area contributed by atoms with E-state index in [1.807, 2.05) is 30.3 Å². The molecule has 0 unspecified atom stereocenters. The fourth-order valence-electron chi connectivity index (χ4n) is 4.44. The molecule has 1 heterocycles. The van der Waals surface area contributed by atoms with E-state index >= 15 is 0 Å². The van der Waals surface area contributed by atoms with Gasteiger partial charge in [0.05, 0.1) is 13.2 Å². The summed E-state index contributed by atoms with van der Waals surface area (Å²) in [5.74, 6) is -0.342. The number of hydrogen-bond donors (Lipinski definition) is 1. The molecular weight excluding hydrogens is 436 g/mol. The van der Waals surface area contributed by atoms with Crippen LogP contribution in [0.1, 0.15) is 49.3 Å². The van der Waals surface area contributed by atoms with E-state index in [1.54, 1.807) is 0 Å². The molecule has 0 saturated carbocycles. The number of rotatable bonds is 9. The first kappa shape index (κ1) is 24.1. The molecule has 5 nitrogen and oxygen atoms in total. The summed E-state index contributed by atoms with van der Waals surface area (Å²) in [5, 5.41) is 9.24. The standard InChI is InChI=1S/C30H30N2O3/c1-3-4-5-8-19-35-26-16-14-25(15-17-26)32-28-10-7-6-9-23(28)12-13-24-20-22(11-18-29(24)32)21-27(31-2)30(33)34/h6-7,9-11,14-18,20-21H,3-5,8,12-13,19H2,1H3,(H,33,34)/b27-21-. The lowest BCUT2D eigenvalue weighted by molar-refractivity contribution is -0.132. The average molecular weight is 467 g/mol. The van der Waals surface area contributed by atoms with E-state index < -0.39 is 5.97 Å². The second kappa shape index (κ2) is 11.4. The van der Waals surface area contributed by atoms with E-state index in [1.165, 1.54) is 30.9 Å². The van der Waals surface area contributed by atoms with Crippen LogP contribution in [0.3, 0.4) is 0 Å². The van der Waals surface area contributed by atoms with E-state index in [0.717, 1.165) is 59.8 Å². The van der Waals surface area contributed by atoms with Crippen LogP contribution in [0.2, 0.25) is 0 Å². The first-order valence-electron chi connectivity index (χ1n) is 12.2. The van der Waals surface area contributed by atoms with Gasteiger partial charge in [-0.15, -0.1) is 0 Å². The van der Waals surface area contributed by atoms with Crippen LogP contribution in [0.25, 0.3) is 10.9 Å². The molecule has 0 radical (unpaired) electrons. The van der Waals surface area contributed by atoms with Gasteiger partial charge >= 0.3 is 5.97 Å². The Morgan fingerprint density at radius 2 is 1.74 bits per heavy atom. The van der Waals surface area contributed by atoms with Crippen LogP contribution in [0.15, 0.2) is 72.4 Å². The van der Waals surface area contributed by atoms with E-state index in [4.69, 9.17) is 11.3 Å². The number of hydrogen-bond acceptors (Lipinski definition) is 3. The van der Waals surface area contributed by atoms with E-state index in [0.29, 0.717) is 0 Å². The molecule has 1 N–H and O–H groups in total. The fraction of sp³-hybridized carbons (Fsp3) is 0.267. The monoisotopic (exact) mass is 466 g/mol. The third-order valence-corrected chi connectivity index (χ3v) is 6.25. The zero-order chi connectivity index (χ0) is 24.6. The highest BCUT2D eigenvalue weighted by Crippen LogP contribution is 2.42. The number of nitrogens with zero attached hydrogens (tertiary/aromatic N) is 2. The second-order valence-electron chi connectivity index (χ2n) is 8.70. The third kappa shape index (κ3) is 5.73. The lowest BCUT2D eigenvalue weighted by Gasteiger charge is -2.27. The Balaban J connectivity index is 1.66. The molecule has 0 aliphatic carbocycles. The highest BCUT2D eigenvalue weighted by molar-refractivity contribution is 5.94. The van der Waals surface area contributed by atoms with Gasteiger partial charge in [-0.05, 0) is 78.4 Å². The zero-order valence-corrected chi connectivity index (χ0v) is 20.0. The number of aryl methyl sites for hydroxylation is 2. The van der Waals surface area contributed by atoms with Crippen molar-refractivity contribution in [2.24, 2.45) is 0 Å². The molecule has 0 aromatic heterocycles. The number of ether oxygens (including phenoxy) is 1. The number of para-hydroxylation sites is 1. The molecule has 0 bridgehead atoms. The summed E-state index contributed by atoms with van der Waals surface area (Å²) >= 11 is 0. The molecule has 1 aliphatic rings. The summed E-state index contributed by atoms with van der Waals surface area (Å²) in [7, 11) is 0. The Labute approximate surface area is 207 Å². The topological polar surface area (TPSA) is 54.1 Å². The Morgan fingerprint density at radius 3 is 2.49 bits per heavy atom. The van der Waals surface area contributed by atoms with E-state index in [2.05, 4.69) is 53.1 Å². The van der Waals surface area contributed by atoms with Crippen molar-refractivity contribution in [2.45, 2.75) is 45.4 Å². The highest BCUT2D eigenvalue weighted by atomic mass is 16.5. The van der Waals surface area contributed by atoms with Crippen molar-refractivity contribution in [3.63, 3.8) is 0 Å². The molecule has 4 rings (SSSR count). The molecule has 1 aliphatic heterocycles. The quantitative estimate of drug-likeness (QED) is 0.201. The van der Waals surface area contributed by atoms with E-state index in [-0.39, 0.29) is 5.70 Å². The van der Waals surface area contributed by atoms with Gasteiger partial charge in [-0.2, -0.15) is 0 Å². The molecule has 0 saturated heterocycles. The van der Waals surface area contributed by atoms with Crippen LogP contribution < -0.4 is 9.64 Å². The Bertz CT molecular complexity index is 1260. The molecule has 0 amide bonds. The van der Waals surface area contributed by atoms with Crippen molar-refractivity contribution in [3.05, 3.63) is 101 Å². The zero-order valence-electron chi connectivity index (χ0n) is 20.0. The van der Waals surface area contributed by atoms with Crippen LogP contribution in [0.4, 0.5) is 17.1 Å². The number of carboxylic acids is 1. The molecule has 35 heavy (non-hydrogen) atoms. The van der Waals surface area contributed by atoms with Gasteiger partial charge in [-0.3, -0.25) is 4.79 Å². The van der Waals surface area contributed by atoms with Gasteiger partial charge in [0.15, 0.2) is 0 Å². The molecule has 0 fully saturated rings. The molecule has 3 aromatic rings. The summed E-state index contributed by atoms with van der Waals surface area (Å²) in [5.41, 5.74) is 6.02. The molecule has 0 atom stereocenters. The first-order chi connectivity index (χ1) is 17.1. The summed E-state index contributed by atoms with van der Waals surface area (Å²) in [6.07, 6.45) is 7.84. The summed E-state index contributed by atoms with van der Waals surface area (Å²) in [6.45, 7) is 10.1. The van der Waals surface area contributed by atoms with Crippen LogP contribution in [-0.4, -0.2) is 17.7 Å². The molecule has 5 heteroatoms. The van der Waals surface area contributed by atoms with Crippen molar-refractivity contribution >= 4 is 29.1 Å². The smallest absolute Gasteiger partial charge is 0.333 e. The summed E-state index contributed by atoms with van der Waals surface area (Å²) < 4.78 is 5.94. The van der Waals surface area contributed by atoms with Gasteiger partial charge < -0.3 is 14.7 Å². The lowest BCUT2D eigenvalue weighted by Crippen LogP contribution is -2.11. The minimum absolute atomic E-state index is 0.288. The SMILES string of the molecule is [C-]#[N+]/C(=C\c1ccc2c(c1)CCc1ccccc1N2c1ccc(OCCCCCC)cc1)C(=O)O. The predicted molar refractivity (Wildman–Crippen MR) is 140 cm³/mol. The van der Waals surface area contributed by atoms with Gasteiger partial charge in [0.25, 0.3) is 5.70 Å². The summed E-state index contributed by atoms with van der Waals surface area (Å²) in [6, 6.07) is 22.5.